The van der Waals surface area contributed by atoms with Crippen molar-refractivity contribution in [1.29, 1.82) is 0 Å². The van der Waals surface area contributed by atoms with Crippen molar-refractivity contribution in [3.8, 4) is 28.1 Å². The van der Waals surface area contributed by atoms with Gasteiger partial charge in [-0.1, -0.05) is 6.07 Å². The Kier molecular flexibility index (Phi) is 5.02. The van der Waals surface area contributed by atoms with Gasteiger partial charge in [0.05, 0.1) is 12.4 Å². The molecular weight excluding hydrogens is 440 g/mol. The van der Waals surface area contributed by atoms with E-state index in [1.165, 1.54) is 0 Å². The zero-order chi connectivity index (χ0) is 23.4. The van der Waals surface area contributed by atoms with Crippen LogP contribution in [-0.4, -0.2) is 60.2 Å². The monoisotopic (exact) mass is 467 g/mol. The van der Waals surface area contributed by atoms with Crippen LogP contribution in [-0.2, 0) is 7.05 Å². The van der Waals surface area contributed by atoms with Crippen LogP contribution >= 0.6 is 0 Å². The first-order chi connectivity index (χ1) is 16.3. The highest BCUT2D eigenvalue weighted by Gasteiger charge is 2.48. The summed E-state index contributed by atoms with van der Waals surface area (Å²) < 4.78 is 29.7. The van der Waals surface area contributed by atoms with Crippen LogP contribution in [0.15, 0.2) is 36.8 Å². The Hall–Kier alpha value is -3.14. The Morgan fingerprint density at radius 2 is 1.82 bits per heavy atom. The lowest BCUT2D eigenvalue weighted by Crippen LogP contribution is -2.59. The van der Waals surface area contributed by atoms with Crippen LogP contribution in [0, 0.1) is 0 Å². The van der Waals surface area contributed by atoms with Gasteiger partial charge < -0.3 is 15.3 Å². The number of nitrogens with zero attached hydrogens (tertiary/aromatic N) is 6. The predicted octanol–water partition coefficient (Wildman–Crippen LogP) is 3.53. The summed E-state index contributed by atoms with van der Waals surface area (Å²) in [4.78, 5) is 6.80. The van der Waals surface area contributed by atoms with Gasteiger partial charge in [0.1, 0.15) is 11.4 Å². The Morgan fingerprint density at radius 1 is 1.06 bits per heavy atom. The standard InChI is InChI=1S/C24H27F2N7O/c1-32-13-15(11-28-32)14-2-5-20(22(34)6-14)21-12-27-23(31-30-21)33(18-3-4-18)19-7-16-9-24(25,26)10-17(8-19)29-16/h2,5-6,11-13,16-19,29,34H,3-4,7-10H2,1H3/t16-,17-/m1/s1. The third-order valence-electron chi connectivity index (χ3n) is 7.10. The van der Waals surface area contributed by atoms with Crippen molar-refractivity contribution in [2.24, 2.45) is 7.05 Å². The van der Waals surface area contributed by atoms with Gasteiger partial charge in [0.15, 0.2) is 0 Å². The predicted molar refractivity (Wildman–Crippen MR) is 123 cm³/mol. The van der Waals surface area contributed by atoms with Crippen LogP contribution < -0.4 is 10.2 Å². The molecule has 3 fully saturated rings. The topological polar surface area (TPSA) is 92.0 Å². The quantitative estimate of drug-likeness (QED) is 0.593. The molecule has 1 aromatic carbocycles. The molecule has 34 heavy (non-hydrogen) atoms. The van der Waals surface area contributed by atoms with Gasteiger partial charge in [-0.25, -0.2) is 13.8 Å². The molecule has 4 heterocycles. The number of fused-ring (bicyclic) bond motifs is 2. The fraction of sp³-hybridized carbons (Fsp3) is 0.500. The summed E-state index contributed by atoms with van der Waals surface area (Å²) >= 11 is 0. The highest BCUT2D eigenvalue weighted by molar-refractivity contribution is 5.73. The highest BCUT2D eigenvalue weighted by Crippen LogP contribution is 2.41. The van der Waals surface area contributed by atoms with Gasteiger partial charge in [-0.15, -0.1) is 10.2 Å². The van der Waals surface area contributed by atoms with E-state index in [1.54, 1.807) is 29.2 Å². The van der Waals surface area contributed by atoms with Crippen molar-refractivity contribution in [3.05, 3.63) is 36.8 Å². The number of rotatable bonds is 5. The van der Waals surface area contributed by atoms with Crippen molar-refractivity contribution in [3.63, 3.8) is 0 Å². The number of anilines is 1. The lowest BCUT2D eigenvalue weighted by molar-refractivity contribution is -0.0671. The second-order valence-electron chi connectivity index (χ2n) is 9.87. The van der Waals surface area contributed by atoms with Crippen LogP contribution in [0.25, 0.3) is 22.4 Å². The van der Waals surface area contributed by atoms with Crippen molar-refractivity contribution in [2.45, 2.75) is 68.6 Å². The molecule has 0 radical (unpaired) electrons. The number of aromatic nitrogens is 5. The summed E-state index contributed by atoms with van der Waals surface area (Å²) in [6.45, 7) is 0. The van der Waals surface area contributed by atoms with Gasteiger partial charge in [0, 0.05) is 61.4 Å². The van der Waals surface area contributed by atoms with E-state index >= 15 is 0 Å². The summed E-state index contributed by atoms with van der Waals surface area (Å²) in [6.07, 6.45) is 8.46. The van der Waals surface area contributed by atoms with Crippen molar-refractivity contribution in [2.75, 3.05) is 4.90 Å². The fourth-order valence-corrected chi connectivity index (χ4v) is 5.52. The van der Waals surface area contributed by atoms with Crippen LogP contribution in [0.5, 0.6) is 5.75 Å². The maximum Gasteiger partial charge on any atom is 0.251 e. The van der Waals surface area contributed by atoms with Crippen LogP contribution in [0.3, 0.4) is 0 Å². The lowest BCUT2D eigenvalue weighted by Gasteiger charge is -2.46. The second kappa shape index (κ2) is 7.97. The summed E-state index contributed by atoms with van der Waals surface area (Å²) in [5.41, 5.74) is 2.80. The minimum atomic E-state index is -2.58. The molecular formula is C24H27F2N7O. The summed E-state index contributed by atoms with van der Waals surface area (Å²) in [5, 5.41) is 26.9. The number of piperidine rings is 2. The number of nitrogens with one attached hydrogen (secondary N) is 1. The van der Waals surface area contributed by atoms with Crippen molar-refractivity contribution in [1.82, 2.24) is 30.3 Å². The molecule has 2 aliphatic heterocycles. The van der Waals surface area contributed by atoms with E-state index in [0.29, 0.717) is 36.1 Å². The van der Waals surface area contributed by atoms with Crippen molar-refractivity contribution >= 4 is 5.95 Å². The molecule has 2 N–H and O–H groups in total. The summed E-state index contributed by atoms with van der Waals surface area (Å²) in [5.74, 6) is -1.95. The van der Waals surface area contributed by atoms with Crippen LogP contribution in [0.4, 0.5) is 14.7 Å². The molecule has 2 bridgehead atoms. The maximum absolute atomic E-state index is 14.0. The molecule has 178 valence electrons. The summed E-state index contributed by atoms with van der Waals surface area (Å²) in [6, 6.07) is 5.48. The number of phenolic OH excluding ortho intramolecular Hbond substituents is 1. The molecule has 1 aliphatic carbocycles. The number of hydrogen-bond acceptors (Lipinski definition) is 7. The average Bonchev–Trinajstić information content (AvgIpc) is 3.51. The first-order valence-electron chi connectivity index (χ1n) is 11.8. The van der Waals surface area contributed by atoms with E-state index in [9.17, 15) is 13.9 Å². The molecule has 8 nitrogen and oxygen atoms in total. The number of benzene rings is 1. The number of halogens is 2. The first kappa shape index (κ1) is 21.4. The largest absolute Gasteiger partial charge is 0.507 e. The number of hydrogen-bond donors (Lipinski definition) is 2. The number of alkyl halides is 2. The van der Waals surface area contributed by atoms with Gasteiger partial charge in [0.2, 0.25) is 5.95 Å². The molecule has 3 aliphatic rings. The Bertz CT molecular complexity index is 1180. The number of aromatic hydroxyl groups is 1. The summed E-state index contributed by atoms with van der Waals surface area (Å²) in [7, 11) is 1.84. The van der Waals surface area contributed by atoms with Gasteiger partial charge in [-0.05, 0) is 43.4 Å². The van der Waals surface area contributed by atoms with Crippen LogP contribution in [0.1, 0.15) is 38.5 Å². The molecule has 2 atom stereocenters. The Balaban J connectivity index is 1.23. The van der Waals surface area contributed by atoms with Crippen molar-refractivity contribution < 1.29 is 13.9 Å². The van der Waals surface area contributed by atoms with E-state index in [4.69, 9.17) is 0 Å². The smallest absolute Gasteiger partial charge is 0.251 e. The van der Waals surface area contributed by atoms with Crippen LogP contribution in [0.2, 0.25) is 0 Å². The minimum absolute atomic E-state index is 0.0939. The number of aryl methyl sites for hydroxylation is 1. The zero-order valence-corrected chi connectivity index (χ0v) is 18.9. The SMILES string of the molecule is Cn1cc(-c2ccc(-c3cnc(N(C4CC4)C4C[C@@H]5CC(F)(F)C[C@@H](C4)N5)nn3)c(O)c2)cn1. The fourth-order valence-electron chi connectivity index (χ4n) is 5.52. The normalized spacial score (nSPS) is 25.8. The molecule has 3 aromatic rings. The van der Waals surface area contributed by atoms with E-state index < -0.39 is 5.92 Å². The maximum atomic E-state index is 14.0. The Labute approximate surface area is 196 Å². The first-order valence-corrected chi connectivity index (χ1v) is 11.8. The van der Waals surface area contributed by atoms with E-state index in [-0.39, 0.29) is 36.7 Å². The Morgan fingerprint density at radius 3 is 2.41 bits per heavy atom. The highest BCUT2D eigenvalue weighted by atomic mass is 19.3. The van der Waals surface area contributed by atoms with E-state index in [2.05, 4.69) is 30.5 Å². The molecule has 10 heteroatoms. The second-order valence-corrected chi connectivity index (χ2v) is 9.87. The third-order valence-corrected chi connectivity index (χ3v) is 7.10. The molecule has 1 saturated carbocycles. The lowest BCUT2D eigenvalue weighted by atomic mass is 9.81. The molecule has 0 spiro atoms. The molecule has 0 amide bonds. The molecule has 6 rings (SSSR count). The van der Waals surface area contributed by atoms with Gasteiger partial charge in [-0.2, -0.15) is 5.10 Å². The van der Waals surface area contributed by atoms with Gasteiger partial charge in [-0.3, -0.25) is 4.68 Å². The molecule has 2 aromatic heterocycles. The minimum Gasteiger partial charge on any atom is -0.507 e. The van der Waals surface area contributed by atoms with E-state index in [1.807, 2.05) is 19.3 Å². The van der Waals surface area contributed by atoms with Gasteiger partial charge >= 0.3 is 0 Å². The van der Waals surface area contributed by atoms with E-state index in [0.717, 1.165) is 24.0 Å². The average molecular weight is 468 g/mol. The number of phenols is 1. The molecule has 2 saturated heterocycles. The molecule has 0 unspecified atom stereocenters. The third kappa shape index (κ3) is 4.11. The zero-order valence-electron chi connectivity index (χ0n) is 18.9. The van der Waals surface area contributed by atoms with Gasteiger partial charge in [0.25, 0.3) is 5.92 Å².